The predicted octanol–water partition coefficient (Wildman–Crippen LogP) is 2.96. The zero-order valence-electron chi connectivity index (χ0n) is 14.9. The number of aromatic hydroxyl groups is 1. The Morgan fingerprint density at radius 1 is 1.14 bits per heavy atom. The van der Waals surface area contributed by atoms with Gasteiger partial charge in [-0.1, -0.05) is 17.3 Å². The first-order chi connectivity index (χ1) is 13.2. The molecule has 0 amide bonds. The minimum Gasteiger partial charge on any atom is -0.507 e. The van der Waals surface area contributed by atoms with Crippen LogP contribution >= 0.6 is 0 Å². The van der Waals surface area contributed by atoms with Gasteiger partial charge in [-0.25, -0.2) is 0 Å². The Kier molecular flexibility index (Phi) is 6.69. The number of halogens is 3. The highest BCUT2D eigenvalue weighted by molar-refractivity contribution is 6.00. The molecule has 0 atom stereocenters. The third-order valence-corrected chi connectivity index (χ3v) is 3.63. The highest BCUT2D eigenvalue weighted by atomic mass is 19.4. The van der Waals surface area contributed by atoms with E-state index in [2.05, 4.69) is 10.3 Å². The monoisotopic (exact) mass is 396 g/mol. The summed E-state index contributed by atoms with van der Waals surface area (Å²) in [5, 5.41) is 17.2. The third kappa shape index (κ3) is 5.79. The fraction of sp³-hybridized carbons (Fsp3) is 0.222. The molecular formula is C18H19F3N4O3. The van der Waals surface area contributed by atoms with Crippen molar-refractivity contribution in [2.45, 2.75) is 19.7 Å². The molecule has 0 unspecified atom stereocenters. The lowest BCUT2D eigenvalue weighted by Gasteiger charge is -2.09. The molecule has 0 bridgehead atoms. The minimum atomic E-state index is -4.38. The first-order valence-corrected chi connectivity index (χ1v) is 8.02. The number of hydrazone groups is 1. The zero-order valence-corrected chi connectivity index (χ0v) is 14.9. The van der Waals surface area contributed by atoms with Crippen molar-refractivity contribution < 1.29 is 27.9 Å². The van der Waals surface area contributed by atoms with Gasteiger partial charge in [0.25, 0.3) is 0 Å². The van der Waals surface area contributed by atoms with Crippen molar-refractivity contribution in [2.24, 2.45) is 21.8 Å². The van der Waals surface area contributed by atoms with E-state index in [9.17, 15) is 18.3 Å². The fourth-order valence-electron chi connectivity index (χ4n) is 2.14. The topological polar surface area (TPSA) is 115 Å². The second-order valence-electron chi connectivity index (χ2n) is 5.73. The molecule has 150 valence electrons. The molecule has 2 rings (SSSR count). The summed E-state index contributed by atoms with van der Waals surface area (Å²) in [6, 6.07) is 9.10. The second-order valence-corrected chi connectivity index (χ2v) is 5.73. The number of alkyl halides is 3. The Balaban J connectivity index is 1.97. The van der Waals surface area contributed by atoms with Crippen LogP contribution in [0.4, 0.5) is 13.2 Å². The van der Waals surface area contributed by atoms with Crippen molar-refractivity contribution in [1.82, 2.24) is 0 Å². The molecule has 0 radical (unpaired) electrons. The maximum Gasteiger partial charge on any atom is 0.416 e. The number of nitrogens with zero attached hydrogens (tertiary/aromatic N) is 2. The van der Waals surface area contributed by atoms with Crippen LogP contribution < -0.4 is 16.3 Å². The summed E-state index contributed by atoms with van der Waals surface area (Å²) in [5.41, 5.74) is 5.98. The SMILES string of the molecule is C/C(=N\OCc1ccc(C(F)(F)F)cc1)c1ccc(OC/C(N)=N/N)cc1O. The molecule has 10 heteroatoms. The molecule has 0 aliphatic rings. The molecule has 0 aliphatic heterocycles. The van der Waals surface area contributed by atoms with Gasteiger partial charge in [0.1, 0.15) is 24.7 Å². The van der Waals surface area contributed by atoms with E-state index in [0.717, 1.165) is 12.1 Å². The largest absolute Gasteiger partial charge is 0.507 e. The minimum absolute atomic E-state index is 0.0187. The number of phenolic OH excluding ortho intramolecular Hbond substituents is 1. The van der Waals surface area contributed by atoms with Gasteiger partial charge in [-0.2, -0.15) is 18.3 Å². The third-order valence-electron chi connectivity index (χ3n) is 3.63. The molecule has 0 heterocycles. The van der Waals surface area contributed by atoms with Crippen molar-refractivity contribution in [3.05, 3.63) is 59.2 Å². The van der Waals surface area contributed by atoms with E-state index in [1.807, 2.05) is 0 Å². The van der Waals surface area contributed by atoms with E-state index in [-0.39, 0.29) is 24.8 Å². The molecule has 0 fully saturated rings. The molecule has 2 aromatic rings. The van der Waals surface area contributed by atoms with E-state index in [1.54, 1.807) is 19.1 Å². The summed E-state index contributed by atoms with van der Waals surface area (Å²) in [4.78, 5) is 5.16. The Bertz CT molecular complexity index is 865. The number of nitrogens with two attached hydrogens (primary N) is 2. The van der Waals surface area contributed by atoms with E-state index in [4.69, 9.17) is 21.2 Å². The van der Waals surface area contributed by atoms with Crippen molar-refractivity contribution in [3.63, 3.8) is 0 Å². The standard InChI is InChI=1S/C18H19F3N4O3/c1-11(15-7-6-14(8-16(15)26)27-10-17(22)24-23)25-28-9-12-2-4-13(5-3-12)18(19,20)21/h2-8,26H,9-10,23H2,1H3,(H2,22,24)/b25-11+. The van der Waals surface area contributed by atoms with Gasteiger partial charge in [-0.3, -0.25) is 0 Å². The van der Waals surface area contributed by atoms with Gasteiger partial charge in [0, 0.05) is 11.6 Å². The normalized spacial score (nSPS) is 12.7. The van der Waals surface area contributed by atoms with Crippen molar-refractivity contribution in [2.75, 3.05) is 6.61 Å². The Hall–Kier alpha value is -3.43. The quantitative estimate of drug-likeness (QED) is 0.288. The van der Waals surface area contributed by atoms with Crippen LogP contribution in [0.2, 0.25) is 0 Å². The molecule has 7 nitrogen and oxygen atoms in total. The van der Waals surface area contributed by atoms with Crippen LogP contribution in [0.5, 0.6) is 11.5 Å². The molecular weight excluding hydrogens is 377 g/mol. The van der Waals surface area contributed by atoms with Crippen LogP contribution in [0.15, 0.2) is 52.7 Å². The van der Waals surface area contributed by atoms with Crippen LogP contribution in [0.3, 0.4) is 0 Å². The van der Waals surface area contributed by atoms with Gasteiger partial charge in [-0.15, -0.1) is 0 Å². The first kappa shape index (κ1) is 20.9. The lowest BCUT2D eigenvalue weighted by atomic mass is 10.1. The van der Waals surface area contributed by atoms with Crippen LogP contribution in [-0.4, -0.2) is 23.3 Å². The maximum atomic E-state index is 12.5. The summed E-state index contributed by atoms with van der Waals surface area (Å²) in [6.45, 7) is 1.56. The van der Waals surface area contributed by atoms with Crippen LogP contribution in [0.1, 0.15) is 23.6 Å². The van der Waals surface area contributed by atoms with E-state index in [1.165, 1.54) is 18.2 Å². The van der Waals surface area contributed by atoms with Crippen molar-refractivity contribution >= 4 is 11.5 Å². The number of hydrogen-bond donors (Lipinski definition) is 3. The smallest absolute Gasteiger partial charge is 0.416 e. The average Bonchev–Trinajstić information content (AvgIpc) is 2.65. The summed E-state index contributed by atoms with van der Waals surface area (Å²) in [6.07, 6.45) is -4.38. The van der Waals surface area contributed by atoms with E-state index < -0.39 is 11.7 Å². The Labute approximate surface area is 159 Å². The zero-order chi connectivity index (χ0) is 20.7. The molecule has 0 saturated carbocycles. The Morgan fingerprint density at radius 2 is 1.82 bits per heavy atom. The van der Waals surface area contributed by atoms with E-state index >= 15 is 0 Å². The van der Waals surface area contributed by atoms with Gasteiger partial charge in [0.15, 0.2) is 5.84 Å². The number of hydrogen-bond acceptors (Lipinski definition) is 6. The predicted molar refractivity (Wildman–Crippen MR) is 97.9 cm³/mol. The maximum absolute atomic E-state index is 12.5. The Morgan fingerprint density at radius 3 is 2.39 bits per heavy atom. The fourth-order valence-corrected chi connectivity index (χ4v) is 2.14. The lowest BCUT2D eigenvalue weighted by Crippen LogP contribution is -2.22. The van der Waals surface area contributed by atoms with Gasteiger partial charge in [0.2, 0.25) is 0 Å². The lowest BCUT2D eigenvalue weighted by molar-refractivity contribution is -0.137. The van der Waals surface area contributed by atoms with Gasteiger partial charge < -0.3 is 26.3 Å². The number of phenols is 1. The summed E-state index contributed by atoms with van der Waals surface area (Å²) < 4.78 is 42.9. The van der Waals surface area contributed by atoms with Gasteiger partial charge >= 0.3 is 6.18 Å². The number of rotatable bonds is 7. The first-order valence-electron chi connectivity index (χ1n) is 8.02. The van der Waals surface area contributed by atoms with Crippen LogP contribution in [-0.2, 0) is 17.6 Å². The van der Waals surface area contributed by atoms with E-state index in [0.29, 0.717) is 22.6 Å². The van der Waals surface area contributed by atoms with Gasteiger partial charge in [-0.05, 0) is 36.8 Å². The highest BCUT2D eigenvalue weighted by Gasteiger charge is 2.29. The number of oxime groups is 1. The van der Waals surface area contributed by atoms with Gasteiger partial charge in [0.05, 0.1) is 11.3 Å². The summed E-state index contributed by atoms with van der Waals surface area (Å²) in [7, 11) is 0. The van der Waals surface area contributed by atoms with Crippen molar-refractivity contribution in [1.29, 1.82) is 0 Å². The molecule has 5 N–H and O–H groups in total. The number of benzene rings is 2. The second kappa shape index (κ2) is 8.98. The molecule has 0 aliphatic carbocycles. The van der Waals surface area contributed by atoms with Crippen LogP contribution in [0.25, 0.3) is 0 Å². The molecule has 28 heavy (non-hydrogen) atoms. The summed E-state index contributed by atoms with van der Waals surface area (Å²) >= 11 is 0. The summed E-state index contributed by atoms with van der Waals surface area (Å²) in [5.74, 6) is 5.35. The molecule has 0 saturated heterocycles. The molecule has 2 aromatic carbocycles. The highest BCUT2D eigenvalue weighted by Crippen LogP contribution is 2.29. The number of amidine groups is 1. The number of ether oxygens (including phenoxy) is 1. The van der Waals surface area contributed by atoms with Crippen molar-refractivity contribution in [3.8, 4) is 11.5 Å². The van der Waals surface area contributed by atoms with Crippen LogP contribution in [0, 0.1) is 0 Å². The molecule has 0 spiro atoms. The molecule has 0 aromatic heterocycles. The average molecular weight is 396 g/mol.